The Hall–Kier alpha value is -1.85. The molecule has 1 aliphatic rings. The lowest BCUT2D eigenvalue weighted by Gasteiger charge is -2.29. The maximum absolute atomic E-state index is 12.1. The summed E-state index contributed by atoms with van der Waals surface area (Å²) < 4.78 is 1.35. The average molecular weight is 265 g/mol. The van der Waals surface area contributed by atoms with E-state index in [4.69, 9.17) is 5.11 Å². The van der Waals surface area contributed by atoms with Gasteiger partial charge in [0.15, 0.2) is 5.69 Å². The highest BCUT2D eigenvalue weighted by atomic mass is 16.4. The number of nitrogens with zero attached hydrogens (tertiary/aromatic N) is 2. The summed E-state index contributed by atoms with van der Waals surface area (Å²) in [6, 6.07) is 0.116. The first-order chi connectivity index (χ1) is 8.99. The molecule has 19 heavy (non-hydrogen) atoms. The molecule has 1 aromatic rings. The minimum absolute atomic E-state index is 0.00669. The Kier molecular flexibility index (Phi) is 3.87. The van der Waals surface area contributed by atoms with Crippen molar-refractivity contribution in [3.05, 3.63) is 17.5 Å². The minimum Gasteiger partial charge on any atom is -0.478 e. The van der Waals surface area contributed by atoms with Gasteiger partial charge in [-0.3, -0.25) is 9.48 Å². The summed E-state index contributed by atoms with van der Waals surface area (Å²) in [7, 11) is 1.60. The van der Waals surface area contributed by atoms with Crippen molar-refractivity contribution in [2.75, 3.05) is 0 Å². The minimum atomic E-state index is -1.13. The van der Waals surface area contributed by atoms with Crippen LogP contribution in [0.3, 0.4) is 0 Å². The quantitative estimate of drug-likeness (QED) is 0.865. The first-order valence-corrected chi connectivity index (χ1v) is 6.57. The maximum atomic E-state index is 12.1. The Bertz CT molecular complexity index is 495. The van der Waals surface area contributed by atoms with Crippen LogP contribution in [0, 0.1) is 5.92 Å². The summed E-state index contributed by atoms with van der Waals surface area (Å²) in [4.78, 5) is 23.2. The first-order valence-electron chi connectivity index (χ1n) is 6.57. The number of rotatable bonds is 3. The summed E-state index contributed by atoms with van der Waals surface area (Å²) in [6.07, 6.45) is 5.68. The van der Waals surface area contributed by atoms with Crippen molar-refractivity contribution < 1.29 is 14.7 Å². The predicted octanol–water partition coefficient (Wildman–Crippen LogP) is 1.43. The predicted molar refractivity (Wildman–Crippen MR) is 69.1 cm³/mol. The standard InChI is InChI=1S/C13H19N3O3/c1-8-5-3-4-6-10(8)14-12(17)11-9(13(18)19)7-16(2)15-11/h7-8,10H,3-6H2,1-2H3,(H,14,17)(H,18,19)/t8-,10+/m0/s1. The Labute approximate surface area is 111 Å². The Balaban J connectivity index is 2.13. The molecule has 0 radical (unpaired) electrons. The molecular formula is C13H19N3O3. The molecule has 6 heteroatoms. The second-order valence-electron chi connectivity index (χ2n) is 5.21. The normalized spacial score (nSPS) is 23.1. The SMILES string of the molecule is C[C@H]1CCCC[C@H]1NC(=O)c1nn(C)cc1C(=O)O. The molecule has 0 unspecified atom stereocenters. The van der Waals surface area contributed by atoms with Gasteiger partial charge in [-0.25, -0.2) is 4.79 Å². The number of hydrogen-bond donors (Lipinski definition) is 2. The topological polar surface area (TPSA) is 84.2 Å². The van der Waals surface area contributed by atoms with Crippen molar-refractivity contribution in [1.82, 2.24) is 15.1 Å². The van der Waals surface area contributed by atoms with Crippen LogP contribution in [0.2, 0.25) is 0 Å². The van der Waals surface area contributed by atoms with E-state index in [0.29, 0.717) is 5.92 Å². The van der Waals surface area contributed by atoms with Gasteiger partial charge in [-0.05, 0) is 18.8 Å². The van der Waals surface area contributed by atoms with E-state index in [1.165, 1.54) is 17.3 Å². The van der Waals surface area contributed by atoms with Crippen molar-refractivity contribution in [2.24, 2.45) is 13.0 Å². The molecule has 104 valence electrons. The van der Waals surface area contributed by atoms with E-state index in [0.717, 1.165) is 19.3 Å². The average Bonchev–Trinajstić information content (AvgIpc) is 2.74. The lowest BCUT2D eigenvalue weighted by Crippen LogP contribution is -2.41. The van der Waals surface area contributed by atoms with Crippen LogP contribution in [0.5, 0.6) is 0 Å². The number of carbonyl (C=O) groups excluding carboxylic acids is 1. The number of carbonyl (C=O) groups is 2. The van der Waals surface area contributed by atoms with Gasteiger partial charge in [0.1, 0.15) is 5.56 Å². The van der Waals surface area contributed by atoms with Crippen LogP contribution >= 0.6 is 0 Å². The number of aryl methyl sites for hydroxylation is 1. The van der Waals surface area contributed by atoms with Crippen LogP contribution < -0.4 is 5.32 Å². The molecule has 1 saturated carbocycles. The second kappa shape index (κ2) is 5.42. The number of amides is 1. The van der Waals surface area contributed by atoms with Gasteiger partial charge in [-0.15, -0.1) is 0 Å². The summed E-state index contributed by atoms with van der Waals surface area (Å²) in [5.41, 5.74) is -0.0590. The molecule has 2 atom stereocenters. The van der Waals surface area contributed by atoms with Gasteiger partial charge >= 0.3 is 5.97 Å². The molecule has 1 amide bonds. The van der Waals surface area contributed by atoms with Crippen LogP contribution in [0.4, 0.5) is 0 Å². The van der Waals surface area contributed by atoms with Gasteiger partial charge in [-0.1, -0.05) is 19.8 Å². The molecule has 1 aromatic heterocycles. The highest BCUT2D eigenvalue weighted by Gasteiger charge is 2.27. The largest absolute Gasteiger partial charge is 0.478 e. The fraction of sp³-hybridized carbons (Fsp3) is 0.615. The summed E-state index contributed by atoms with van der Waals surface area (Å²) in [6.45, 7) is 2.11. The molecule has 1 aliphatic carbocycles. The van der Waals surface area contributed by atoms with E-state index in [9.17, 15) is 9.59 Å². The van der Waals surface area contributed by atoms with Crippen molar-refractivity contribution in [3.63, 3.8) is 0 Å². The van der Waals surface area contributed by atoms with Crippen LogP contribution in [0.1, 0.15) is 53.5 Å². The molecule has 0 spiro atoms. The van der Waals surface area contributed by atoms with E-state index < -0.39 is 11.9 Å². The third-order valence-electron chi connectivity index (χ3n) is 3.70. The van der Waals surface area contributed by atoms with Gasteiger partial charge in [0.25, 0.3) is 5.91 Å². The zero-order valence-corrected chi connectivity index (χ0v) is 11.2. The van der Waals surface area contributed by atoms with Crippen molar-refractivity contribution >= 4 is 11.9 Å². The van der Waals surface area contributed by atoms with Crippen molar-refractivity contribution in [3.8, 4) is 0 Å². The Morgan fingerprint density at radius 1 is 1.42 bits per heavy atom. The molecule has 2 rings (SSSR count). The Morgan fingerprint density at radius 2 is 2.11 bits per heavy atom. The molecule has 0 aromatic carbocycles. The molecule has 0 aliphatic heterocycles. The number of nitrogens with one attached hydrogen (secondary N) is 1. The van der Waals surface area contributed by atoms with Crippen LogP contribution in [0.15, 0.2) is 6.20 Å². The van der Waals surface area contributed by atoms with Gasteiger partial charge < -0.3 is 10.4 Å². The van der Waals surface area contributed by atoms with Crippen molar-refractivity contribution in [1.29, 1.82) is 0 Å². The first kappa shape index (κ1) is 13.6. The van der Waals surface area contributed by atoms with E-state index in [2.05, 4.69) is 17.3 Å². The molecule has 6 nitrogen and oxygen atoms in total. The highest BCUT2D eigenvalue weighted by Crippen LogP contribution is 2.24. The number of aromatic carboxylic acids is 1. The van der Waals surface area contributed by atoms with E-state index in [1.54, 1.807) is 7.05 Å². The third kappa shape index (κ3) is 2.94. The molecule has 2 N–H and O–H groups in total. The van der Waals surface area contributed by atoms with E-state index in [1.807, 2.05) is 0 Å². The number of hydrogen-bond acceptors (Lipinski definition) is 3. The van der Waals surface area contributed by atoms with Crippen LogP contribution in [-0.4, -0.2) is 32.8 Å². The number of carboxylic acids is 1. The lowest BCUT2D eigenvalue weighted by atomic mass is 9.86. The van der Waals surface area contributed by atoms with Crippen LogP contribution in [0.25, 0.3) is 0 Å². The van der Waals surface area contributed by atoms with E-state index in [-0.39, 0.29) is 17.3 Å². The van der Waals surface area contributed by atoms with Gasteiger partial charge in [0.05, 0.1) is 0 Å². The Morgan fingerprint density at radius 3 is 2.74 bits per heavy atom. The molecule has 1 heterocycles. The fourth-order valence-corrected chi connectivity index (χ4v) is 2.58. The smallest absolute Gasteiger partial charge is 0.339 e. The maximum Gasteiger partial charge on any atom is 0.339 e. The number of aromatic nitrogens is 2. The zero-order valence-electron chi connectivity index (χ0n) is 11.2. The van der Waals surface area contributed by atoms with Gasteiger partial charge in [-0.2, -0.15) is 5.10 Å². The second-order valence-corrected chi connectivity index (χ2v) is 5.21. The monoisotopic (exact) mass is 265 g/mol. The number of carboxylic acid groups (broad SMARTS) is 1. The summed E-state index contributed by atoms with van der Waals surface area (Å²) in [5, 5.41) is 15.9. The fourth-order valence-electron chi connectivity index (χ4n) is 2.58. The molecular weight excluding hydrogens is 246 g/mol. The molecule has 0 bridgehead atoms. The summed E-state index contributed by atoms with van der Waals surface area (Å²) >= 11 is 0. The molecule has 0 saturated heterocycles. The van der Waals surface area contributed by atoms with Crippen LogP contribution in [-0.2, 0) is 7.05 Å². The van der Waals surface area contributed by atoms with Gasteiger partial charge in [0, 0.05) is 19.3 Å². The summed E-state index contributed by atoms with van der Waals surface area (Å²) in [5.74, 6) is -1.10. The molecule has 1 fully saturated rings. The van der Waals surface area contributed by atoms with Crippen molar-refractivity contribution in [2.45, 2.75) is 38.6 Å². The highest BCUT2D eigenvalue weighted by molar-refractivity contribution is 6.03. The zero-order chi connectivity index (χ0) is 14.0. The third-order valence-corrected chi connectivity index (χ3v) is 3.70. The van der Waals surface area contributed by atoms with Gasteiger partial charge in [0.2, 0.25) is 0 Å². The van der Waals surface area contributed by atoms with E-state index >= 15 is 0 Å². The lowest BCUT2D eigenvalue weighted by molar-refractivity contribution is 0.0689.